The van der Waals surface area contributed by atoms with Gasteiger partial charge in [-0.2, -0.15) is 13.2 Å². The van der Waals surface area contributed by atoms with Gasteiger partial charge in [0.05, 0.1) is 7.14 Å². The van der Waals surface area contributed by atoms with Crippen molar-refractivity contribution in [1.29, 1.82) is 0 Å². The summed E-state index contributed by atoms with van der Waals surface area (Å²) in [5.74, 6) is -0.0191. The Kier molecular flexibility index (Phi) is 4.09. The summed E-state index contributed by atoms with van der Waals surface area (Å²) in [4.78, 5) is 0. The van der Waals surface area contributed by atoms with Crippen molar-refractivity contribution >= 4 is 45.2 Å². The number of rotatable bonds is 1. The summed E-state index contributed by atoms with van der Waals surface area (Å²) >= 11 is 3.52. The van der Waals surface area contributed by atoms with E-state index in [1.54, 1.807) is 45.2 Å². The van der Waals surface area contributed by atoms with Crippen LogP contribution < -0.4 is 5.73 Å². The first-order valence-corrected chi connectivity index (χ1v) is 5.89. The Morgan fingerprint density at radius 2 is 1.60 bits per heavy atom. The van der Waals surface area contributed by atoms with Crippen LogP contribution in [0.15, 0.2) is 12.1 Å². The Hall–Kier alpha value is 0.230. The Bertz CT molecular complexity index is 358. The van der Waals surface area contributed by atoms with Crippen LogP contribution in [0.1, 0.15) is 11.6 Å². The molecule has 0 spiro atoms. The largest absolute Gasteiger partial charge is 0.506 e. The minimum Gasteiger partial charge on any atom is -0.506 e. The van der Waals surface area contributed by atoms with E-state index in [1.165, 1.54) is 12.1 Å². The first kappa shape index (κ1) is 13.3. The fraction of sp³-hybridized carbons (Fsp3) is 0.250. The minimum absolute atomic E-state index is 0.0191. The van der Waals surface area contributed by atoms with Gasteiger partial charge in [0.2, 0.25) is 0 Å². The third-order valence-electron chi connectivity index (χ3n) is 1.75. The van der Waals surface area contributed by atoms with Crippen LogP contribution in [0.2, 0.25) is 0 Å². The van der Waals surface area contributed by atoms with Crippen molar-refractivity contribution in [2.45, 2.75) is 12.2 Å². The van der Waals surface area contributed by atoms with Crippen LogP contribution in [0.5, 0.6) is 5.75 Å². The minimum atomic E-state index is -4.47. The van der Waals surface area contributed by atoms with Crippen LogP contribution in [0.4, 0.5) is 13.2 Å². The highest BCUT2D eigenvalue weighted by molar-refractivity contribution is 14.1. The number of nitrogens with two attached hydrogens (primary N) is 1. The maximum absolute atomic E-state index is 12.3. The lowest BCUT2D eigenvalue weighted by atomic mass is 10.1. The number of hydrogen-bond donors (Lipinski definition) is 2. The zero-order valence-electron chi connectivity index (χ0n) is 7.15. The van der Waals surface area contributed by atoms with Crippen LogP contribution in [0.25, 0.3) is 0 Å². The molecular weight excluding hydrogens is 437 g/mol. The van der Waals surface area contributed by atoms with Gasteiger partial charge >= 0.3 is 6.18 Å². The van der Waals surface area contributed by atoms with Crippen LogP contribution in [0, 0.1) is 7.14 Å². The van der Waals surface area contributed by atoms with Gasteiger partial charge in [-0.25, -0.2) is 0 Å². The number of aromatic hydroxyl groups is 1. The zero-order chi connectivity index (χ0) is 11.8. The molecule has 15 heavy (non-hydrogen) atoms. The molecule has 0 unspecified atom stereocenters. The molecule has 0 saturated heterocycles. The van der Waals surface area contributed by atoms with E-state index in [2.05, 4.69) is 0 Å². The lowest BCUT2D eigenvalue weighted by molar-refractivity contribution is -0.149. The number of phenolic OH excluding ortho intramolecular Hbond substituents is 1. The molecule has 0 radical (unpaired) electrons. The Morgan fingerprint density at radius 1 is 1.20 bits per heavy atom. The molecule has 0 bridgehead atoms. The third kappa shape index (κ3) is 3.09. The summed E-state index contributed by atoms with van der Waals surface area (Å²) in [5, 5.41) is 9.38. The molecule has 1 rings (SSSR count). The maximum Gasteiger partial charge on any atom is 0.407 e. The number of benzene rings is 1. The molecule has 0 aliphatic carbocycles. The summed E-state index contributed by atoms with van der Waals surface area (Å²) in [6.45, 7) is 0. The van der Waals surface area contributed by atoms with E-state index in [4.69, 9.17) is 5.73 Å². The average molecular weight is 443 g/mol. The standard InChI is InChI=1S/C8H6F3I2NO/c9-8(10,11)7(14)3-1-4(12)6(15)5(13)2-3/h1-2,7,15H,14H2/t7-/m1/s1. The van der Waals surface area contributed by atoms with Crippen molar-refractivity contribution < 1.29 is 18.3 Å². The van der Waals surface area contributed by atoms with Crippen molar-refractivity contribution in [3.05, 3.63) is 24.8 Å². The quantitative estimate of drug-likeness (QED) is 0.656. The normalized spacial score (nSPS) is 14.0. The molecular formula is C8H6F3I2NO. The maximum atomic E-state index is 12.3. The van der Waals surface area contributed by atoms with Crippen molar-refractivity contribution in [3.8, 4) is 5.75 Å². The zero-order valence-corrected chi connectivity index (χ0v) is 11.5. The second kappa shape index (κ2) is 4.62. The van der Waals surface area contributed by atoms with Crippen molar-refractivity contribution in [2.24, 2.45) is 5.73 Å². The summed E-state index contributed by atoms with van der Waals surface area (Å²) in [7, 11) is 0. The fourth-order valence-electron chi connectivity index (χ4n) is 0.954. The van der Waals surface area contributed by atoms with E-state index in [1.807, 2.05) is 0 Å². The van der Waals surface area contributed by atoms with E-state index in [-0.39, 0.29) is 11.3 Å². The number of halogens is 5. The highest BCUT2D eigenvalue weighted by atomic mass is 127. The second-order valence-electron chi connectivity index (χ2n) is 2.85. The monoisotopic (exact) mass is 443 g/mol. The van der Waals surface area contributed by atoms with Gasteiger partial charge in [-0.15, -0.1) is 0 Å². The predicted octanol–water partition coefficient (Wildman–Crippen LogP) is 3.16. The van der Waals surface area contributed by atoms with Crippen molar-refractivity contribution in [3.63, 3.8) is 0 Å². The highest BCUT2D eigenvalue weighted by Crippen LogP contribution is 2.35. The molecule has 3 N–H and O–H groups in total. The lowest BCUT2D eigenvalue weighted by Crippen LogP contribution is -2.28. The van der Waals surface area contributed by atoms with Gasteiger partial charge in [-0.3, -0.25) is 0 Å². The molecule has 7 heteroatoms. The molecule has 0 aliphatic rings. The molecule has 0 aliphatic heterocycles. The molecule has 1 aromatic carbocycles. The summed E-state index contributed by atoms with van der Waals surface area (Å²) in [6, 6.07) is 0.451. The highest BCUT2D eigenvalue weighted by Gasteiger charge is 2.38. The molecule has 0 aromatic heterocycles. The molecule has 1 atom stereocenters. The van der Waals surface area contributed by atoms with Crippen molar-refractivity contribution in [1.82, 2.24) is 0 Å². The van der Waals surface area contributed by atoms with Crippen molar-refractivity contribution in [2.75, 3.05) is 0 Å². The number of hydrogen-bond acceptors (Lipinski definition) is 2. The Balaban J connectivity index is 3.17. The van der Waals surface area contributed by atoms with Gasteiger partial charge < -0.3 is 10.8 Å². The van der Waals surface area contributed by atoms with Gasteiger partial charge in [0.25, 0.3) is 0 Å². The van der Waals surface area contributed by atoms with E-state index in [0.29, 0.717) is 7.14 Å². The number of phenols is 1. The molecule has 84 valence electrons. The third-order valence-corrected chi connectivity index (χ3v) is 3.40. The van der Waals surface area contributed by atoms with Crippen LogP contribution >= 0.6 is 45.2 Å². The summed E-state index contributed by atoms with van der Waals surface area (Å²) < 4.78 is 37.6. The second-order valence-corrected chi connectivity index (χ2v) is 5.18. The lowest BCUT2D eigenvalue weighted by Gasteiger charge is -2.16. The smallest absolute Gasteiger partial charge is 0.407 e. The number of alkyl halides is 3. The van der Waals surface area contributed by atoms with Crippen LogP contribution in [-0.2, 0) is 0 Å². The molecule has 0 heterocycles. The summed E-state index contributed by atoms with van der Waals surface area (Å²) in [6.07, 6.45) is -4.47. The van der Waals surface area contributed by atoms with Gasteiger partial charge in [0.15, 0.2) is 0 Å². The van der Waals surface area contributed by atoms with E-state index in [0.717, 1.165) is 0 Å². The average Bonchev–Trinajstić information content (AvgIpc) is 2.10. The van der Waals surface area contributed by atoms with Gasteiger partial charge in [-0.05, 0) is 62.9 Å². The first-order chi connectivity index (χ1) is 6.73. The SMILES string of the molecule is N[C@H](c1cc(I)c(O)c(I)c1)C(F)(F)F. The van der Waals surface area contributed by atoms with Crippen LogP contribution in [0.3, 0.4) is 0 Å². The van der Waals surface area contributed by atoms with E-state index < -0.39 is 12.2 Å². The molecule has 0 saturated carbocycles. The first-order valence-electron chi connectivity index (χ1n) is 3.73. The topological polar surface area (TPSA) is 46.2 Å². The fourth-order valence-corrected chi connectivity index (χ4v) is 2.77. The van der Waals surface area contributed by atoms with Gasteiger partial charge in [0, 0.05) is 0 Å². The molecule has 2 nitrogen and oxygen atoms in total. The molecule has 0 fully saturated rings. The van der Waals surface area contributed by atoms with E-state index in [9.17, 15) is 18.3 Å². The Labute approximate surface area is 111 Å². The van der Waals surface area contributed by atoms with Gasteiger partial charge in [-0.1, -0.05) is 0 Å². The summed E-state index contributed by atoms with van der Waals surface area (Å²) in [5.41, 5.74) is 5.00. The van der Waals surface area contributed by atoms with Gasteiger partial charge in [0.1, 0.15) is 11.8 Å². The van der Waals surface area contributed by atoms with Crippen LogP contribution in [-0.4, -0.2) is 11.3 Å². The molecule has 0 amide bonds. The Morgan fingerprint density at radius 3 is 1.93 bits per heavy atom. The van der Waals surface area contributed by atoms with E-state index >= 15 is 0 Å². The predicted molar refractivity (Wildman–Crippen MR) is 66.5 cm³/mol. The molecule has 1 aromatic rings.